The molecule has 0 saturated heterocycles. The summed E-state index contributed by atoms with van der Waals surface area (Å²) in [7, 11) is 0. The highest BCUT2D eigenvalue weighted by molar-refractivity contribution is 5.38. The second-order valence-corrected chi connectivity index (χ2v) is 3.27. The van der Waals surface area contributed by atoms with Gasteiger partial charge < -0.3 is 4.74 Å². The highest BCUT2D eigenvalue weighted by Crippen LogP contribution is 2.14. The van der Waals surface area contributed by atoms with E-state index in [1.165, 1.54) is 12.0 Å². The van der Waals surface area contributed by atoms with Gasteiger partial charge in [-0.3, -0.25) is 0 Å². The lowest BCUT2D eigenvalue weighted by molar-refractivity contribution is 0.267. The van der Waals surface area contributed by atoms with Crippen molar-refractivity contribution < 1.29 is 9.53 Å². The van der Waals surface area contributed by atoms with Crippen molar-refractivity contribution in [2.24, 2.45) is 0 Å². The molecular formula is C11H13O2. The monoisotopic (exact) mass is 177 g/mol. The first kappa shape index (κ1) is 9.78. The van der Waals surface area contributed by atoms with Gasteiger partial charge in [-0.15, -0.1) is 0 Å². The molecule has 0 aliphatic rings. The molecule has 2 nitrogen and oxygen atoms in total. The van der Waals surface area contributed by atoms with Crippen LogP contribution in [0.15, 0.2) is 24.3 Å². The predicted octanol–water partition coefficient (Wildman–Crippen LogP) is 2.39. The van der Waals surface area contributed by atoms with Crippen molar-refractivity contribution in [2.75, 3.05) is 0 Å². The van der Waals surface area contributed by atoms with E-state index in [0.29, 0.717) is 12.5 Å². The van der Waals surface area contributed by atoms with Crippen LogP contribution in [0, 0.1) is 0 Å². The molecule has 0 amide bonds. The minimum Gasteiger partial charge on any atom is -0.452 e. The third-order valence-electron chi connectivity index (χ3n) is 1.94. The molecule has 0 aromatic heterocycles. The molecule has 1 aromatic carbocycles. The summed E-state index contributed by atoms with van der Waals surface area (Å²) < 4.78 is 4.51. The highest BCUT2D eigenvalue weighted by atomic mass is 16.5. The molecule has 0 unspecified atom stereocenters. The number of rotatable bonds is 4. The van der Waals surface area contributed by atoms with Gasteiger partial charge in [0.1, 0.15) is 6.61 Å². The van der Waals surface area contributed by atoms with Gasteiger partial charge in [0.25, 0.3) is 0 Å². The smallest absolute Gasteiger partial charge is 0.417 e. The van der Waals surface area contributed by atoms with Crippen molar-refractivity contribution in [3.8, 4) is 0 Å². The SMILES string of the molecule is CC(C)c1ccc(CO[C]=O)cc1. The number of ether oxygens (including phenoxy) is 1. The maximum absolute atomic E-state index is 9.81. The normalized spacial score (nSPS) is 10.1. The van der Waals surface area contributed by atoms with Crippen molar-refractivity contribution in [3.63, 3.8) is 0 Å². The Morgan fingerprint density at radius 2 is 1.92 bits per heavy atom. The van der Waals surface area contributed by atoms with Crippen LogP contribution in [0.2, 0.25) is 0 Å². The quantitative estimate of drug-likeness (QED) is 0.705. The fraction of sp³-hybridized carbons (Fsp3) is 0.364. The lowest BCUT2D eigenvalue weighted by Gasteiger charge is -2.05. The summed E-state index contributed by atoms with van der Waals surface area (Å²) >= 11 is 0. The zero-order valence-corrected chi connectivity index (χ0v) is 7.91. The van der Waals surface area contributed by atoms with Crippen LogP contribution in [0.4, 0.5) is 0 Å². The highest BCUT2D eigenvalue weighted by Gasteiger charge is 1.98. The molecule has 0 spiro atoms. The molecule has 0 saturated carbocycles. The van der Waals surface area contributed by atoms with E-state index in [4.69, 9.17) is 0 Å². The first-order chi connectivity index (χ1) is 6.24. The zero-order valence-electron chi connectivity index (χ0n) is 7.91. The van der Waals surface area contributed by atoms with E-state index in [9.17, 15) is 4.79 Å². The molecular weight excluding hydrogens is 164 g/mol. The summed E-state index contributed by atoms with van der Waals surface area (Å²) in [5, 5.41) is 0. The fourth-order valence-electron chi connectivity index (χ4n) is 1.11. The average molecular weight is 177 g/mol. The molecule has 0 bridgehead atoms. The molecule has 0 fully saturated rings. The summed E-state index contributed by atoms with van der Waals surface area (Å²) in [5.41, 5.74) is 2.28. The Morgan fingerprint density at radius 1 is 1.31 bits per heavy atom. The molecule has 13 heavy (non-hydrogen) atoms. The van der Waals surface area contributed by atoms with Crippen molar-refractivity contribution in [1.82, 2.24) is 0 Å². The van der Waals surface area contributed by atoms with Crippen LogP contribution in [-0.2, 0) is 16.1 Å². The lowest BCUT2D eigenvalue weighted by Crippen LogP contribution is -1.91. The third kappa shape index (κ3) is 2.90. The number of carbonyl (C=O) groups excluding carboxylic acids is 1. The molecule has 1 rings (SSSR count). The van der Waals surface area contributed by atoms with E-state index in [1.807, 2.05) is 24.3 Å². The van der Waals surface area contributed by atoms with E-state index in [1.54, 1.807) is 0 Å². The number of benzene rings is 1. The largest absolute Gasteiger partial charge is 0.452 e. The first-order valence-corrected chi connectivity index (χ1v) is 4.32. The van der Waals surface area contributed by atoms with Gasteiger partial charge in [-0.2, -0.15) is 0 Å². The molecule has 1 aromatic rings. The fourth-order valence-corrected chi connectivity index (χ4v) is 1.11. The molecule has 0 atom stereocenters. The molecule has 0 aliphatic heterocycles. The van der Waals surface area contributed by atoms with Crippen LogP contribution in [0.3, 0.4) is 0 Å². The van der Waals surface area contributed by atoms with E-state index < -0.39 is 0 Å². The van der Waals surface area contributed by atoms with E-state index in [0.717, 1.165) is 5.56 Å². The summed E-state index contributed by atoms with van der Waals surface area (Å²) in [6.07, 6.45) is 0. The Kier molecular flexibility index (Phi) is 3.50. The van der Waals surface area contributed by atoms with Gasteiger partial charge in [0.15, 0.2) is 0 Å². The molecule has 69 valence electrons. The van der Waals surface area contributed by atoms with Crippen LogP contribution >= 0.6 is 0 Å². The molecule has 0 heterocycles. The summed E-state index contributed by atoms with van der Waals surface area (Å²) in [6, 6.07) is 8.03. The predicted molar refractivity (Wildman–Crippen MR) is 51.0 cm³/mol. The number of hydrogen-bond acceptors (Lipinski definition) is 2. The van der Waals surface area contributed by atoms with E-state index in [-0.39, 0.29) is 0 Å². The Labute approximate surface area is 78.5 Å². The van der Waals surface area contributed by atoms with Gasteiger partial charge in [0.2, 0.25) is 0 Å². The zero-order chi connectivity index (χ0) is 9.68. The van der Waals surface area contributed by atoms with Crippen molar-refractivity contribution in [1.29, 1.82) is 0 Å². The van der Waals surface area contributed by atoms with Crippen molar-refractivity contribution in [2.45, 2.75) is 26.4 Å². The Bertz CT molecular complexity index is 262. The van der Waals surface area contributed by atoms with Crippen LogP contribution in [-0.4, -0.2) is 6.47 Å². The Morgan fingerprint density at radius 3 is 2.38 bits per heavy atom. The standard InChI is InChI=1S/C11H13O2/c1-9(2)11-5-3-10(4-6-11)7-13-8-12/h3-6,9H,7H2,1-2H3. The van der Waals surface area contributed by atoms with E-state index in [2.05, 4.69) is 18.6 Å². The van der Waals surface area contributed by atoms with Crippen LogP contribution in [0.25, 0.3) is 0 Å². The molecule has 1 radical (unpaired) electrons. The van der Waals surface area contributed by atoms with Crippen LogP contribution in [0.1, 0.15) is 30.9 Å². The lowest BCUT2D eigenvalue weighted by atomic mass is 10.0. The summed E-state index contributed by atoms with van der Waals surface area (Å²) in [6.45, 7) is 6.00. The minimum absolute atomic E-state index is 0.307. The van der Waals surface area contributed by atoms with Gasteiger partial charge in [-0.1, -0.05) is 38.1 Å². The molecule has 0 aliphatic carbocycles. The van der Waals surface area contributed by atoms with Gasteiger partial charge in [0, 0.05) is 0 Å². The van der Waals surface area contributed by atoms with Crippen LogP contribution in [0.5, 0.6) is 0 Å². The maximum Gasteiger partial charge on any atom is 0.417 e. The number of hydrogen-bond donors (Lipinski definition) is 0. The third-order valence-corrected chi connectivity index (χ3v) is 1.94. The summed E-state index contributed by atoms with van der Waals surface area (Å²) in [4.78, 5) is 9.81. The second-order valence-electron chi connectivity index (χ2n) is 3.27. The van der Waals surface area contributed by atoms with Crippen molar-refractivity contribution >= 4 is 6.47 Å². The van der Waals surface area contributed by atoms with Gasteiger partial charge in [-0.05, 0) is 17.0 Å². The Hall–Kier alpha value is -1.31. The van der Waals surface area contributed by atoms with Gasteiger partial charge >= 0.3 is 6.47 Å². The van der Waals surface area contributed by atoms with Gasteiger partial charge in [0.05, 0.1) is 0 Å². The summed E-state index contributed by atoms with van der Waals surface area (Å²) in [5.74, 6) is 0.535. The van der Waals surface area contributed by atoms with E-state index >= 15 is 0 Å². The topological polar surface area (TPSA) is 26.3 Å². The Balaban J connectivity index is 2.64. The molecule has 2 heteroatoms. The first-order valence-electron chi connectivity index (χ1n) is 4.32. The van der Waals surface area contributed by atoms with Gasteiger partial charge in [-0.25, -0.2) is 4.79 Å². The van der Waals surface area contributed by atoms with Crippen LogP contribution < -0.4 is 0 Å². The average Bonchev–Trinajstić information content (AvgIpc) is 2.15. The minimum atomic E-state index is 0.307. The maximum atomic E-state index is 9.81. The van der Waals surface area contributed by atoms with Crippen molar-refractivity contribution in [3.05, 3.63) is 35.4 Å². The second kappa shape index (κ2) is 4.65. The molecule has 0 N–H and O–H groups in total.